The predicted molar refractivity (Wildman–Crippen MR) is 119 cm³/mol. The highest BCUT2D eigenvalue weighted by atomic mass is 32.2. The summed E-state index contributed by atoms with van der Waals surface area (Å²) in [5, 5.41) is 7.53. The molecule has 1 aliphatic carbocycles. The zero-order chi connectivity index (χ0) is 22.2. The monoisotopic (exact) mass is 438 g/mol. The van der Waals surface area contributed by atoms with E-state index < -0.39 is 10.0 Å². The molecular formula is C23H26N4O3S. The van der Waals surface area contributed by atoms with Gasteiger partial charge in [-0.15, -0.1) is 0 Å². The third-order valence-corrected chi connectivity index (χ3v) is 7.05. The van der Waals surface area contributed by atoms with Crippen molar-refractivity contribution in [1.82, 2.24) is 19.8 Å². The molecule has 3 aromatic rings. The van der Waals surface area contributed by atoms with Crippen LogP contribution in [0, 0.1) is 20.8 Å². The van der Waals surface area contributed by atoms with Gasteiger partial charge < -0.3 is 5.32 Å². The van der Waals surface area contributed by atoms with Crippen LogP contribution < -0.4 is 10.0 Å². The smallest absolute Gasteiger partial charge is 0.251 e. The van der Waals surface area contributed by atoms with Crippen molar-refractivity contribution in [2.24, 2.45) is 0 Å². The van der Waals surface area contributed by atoms with Crippen LogP contribution in [0.4, 0.5) is 0 Å². The SMILES string of the molecule is Cc1ccc(S(=O)(=O)NC2CC2)cc1C(=O)NCc1c(C)nn(-c2ccccc2)c1C. The van der Waals surface area contributed by atoms with Crippen LogP contribution in [0.1, 0.15) is 45.7 Å². The summed E-state index contributed by atoms with van der Waals surface area (Å²) in [5.41, 5.74) is 4.75. The number of sulfonamides is 1. The van der Waals surface area contributed by atoms with E-state index in [1.807, 2.05) is 48.9 Å². The fourth-order valence-electron chi connectivity index (χ4n) is 3.52. The van der Waals surface area contributed by atoms with Gasteiger partial charge in [-0.2, -0.15) is 5.10 Å². The van der Waals surface area contributed by atoms with E-state index in [0.29, 0.717) is 12.1 Å². The molecule has 0 unspecified atom stereocenters. The first-order valence-electron chi connectivity index (χ1n) is 10.3. The topological polar surface area (TPSA) is 93.1 Å². The Kier molecular flexibility index (Phi) is 5.68. The summed E-state index contributed by atoms with van der Waals surface area (Å²) in [6, 6.07) is 14.5. The van der Waals surface area contributed by atoms with Gasteiger partial charge in [-0.25, -0.2) is 17.8 Å². The first-order chi connectivity index (χ1) is 14.8. The summed E-state index contributed by atoms with van der Waals surface area (Å²) in [4.78, 5) is 13.0. The van der Waals surface area contributed by atoms with Gasteiger partial charge in [0.05, 0.1) is 16.3 Å². The Labute approximate surface area is 182 Å². The van der Waals surface area contributed by atoms with Gasteiger partial charge in [-0.3, -0.25) is 4.79 Å². The molecule has 0 aliphatic heterocycles. The van der Waals surface area contributed by atoms with E-state index in [2.05, 4.69) is 15.1 Å². The Morgan fingerprint density at radius 2 is 1.81 bits per heavy atom. The van der Waals surface area contributed by atoms with Crippen LogP contribution in [0.25, 0.3) is 5.69 Å². The zero-order valence-corrected chi connectivity index (χ0v) is 18.7. The summed E-state index contributed by atoms with van der Waals surface area (Å²) in [7, 11) is -3.62. The van der Waals surface area contributed by atoms with Gasteiger partial charge in [-0.1, -0.05) is 24.3 Å². The molecule has 0 atom stereocenters. The van der Waals surface area contributed by atoms with Crippen LogP contribution >= 0.6 is 0 Å². The molecule has 2 N–H and O–H groups in total. The van der Waals surface area contributed by atoms with Gasteiger partial charge in [0.1, 0.15) is 0 Å². The van der Waals surface area contributed by atoms with Crippen molar-refractivity contribution in [3.05, 3.63) is 76.6 Å². The highest BCUT2D eigenvalue weighted by Gasteiger charge is 2.28. The molecule has 1 heterocycles. The highest BCUT2D eigenvalue weighted by molar-refractivity contribution is 7.89. The third kappa shape index (κ3) is 4.55. The van der Waals surface area contributed by atoms with Gasteiger partial charge in [0.2, 0.25) is 10.0 Å². The predicted octanol–water partition coefficient (Wildman–Crippen LogP) is 3.17. The Bertz CT molecular complexity index is 1230. The molecule has 1 aliphatic rings. The van der Waals surface area contributed by atoms with Gasteiger partial charge in [0.25, 0.3) is 5.91 Å². The van der Waals surface area contributed by atoms with Crippen molar-refractivity contribution >= 4 is 15.9 Å². The van der Waals surface area contributed by atoms with Crippen molar-refractivity contribution in [3.63, 3.8) is 0 Å². The van der Waals surface area contributed by atoms with E-state index in [1.54, 1.807) is 13.0 Å². The summed E-state index contributed by atoms with van der Waals surface area (Å²) in [6.45, 7) is 5.98. The average molecular weight is 439 g/mol. The largest absolute Gasteiger partial charge is 0.348 e. The maximum absolute atomic E-state index is 12.9. The first kappa shape index (κ1) is 21.3. The maximum atomic E-state index is 12.9. The molecule has 0 saturated heterocycles. The Hall–Kier alpha value is -2.97. The van der Waals surface area contributed by atoms with Crippen molar-refractivity contribution in [3.8, 4) is 5.69 Å². The maximum Gasteiger partial charge on any atom is 0.251 e. The second-order valence-corrected chi connectivity index (χ2v) is 9.67. The number of carbonyl (C=O) groups is 1. The number of rotatable bonds is 7. The lowest BCUT2D eigenvalue weighted by atomic mass is 10.1. The molecule has 1 saturated carbocycles. The summed E-state index contributed by atoms with van der Waals surface area (Å²) >= 11 is 0. The number of aryl methyl sites for hydroxylation is 2. The van der Waals surface area contributed by atoms with Gasteiger partial charge in [0.15, 0.2) is 0 Å². The van der Waals surface area contributed by atoms with Crippen molar-refractivity contribution in [2.75, 3.05) is 0 Å². The Balaban J connectivity index is 1.53. The number of aromatic nitrogens is 2. The van der Waals surface area contributed by atoms with Crippen LogP contribution in [0.3, 0.4) is 0 Å². The molecule has 8 heteroatoms. The molecule has 31 heavy (non-hydrogen) atoms. The Morgan fingerprint density at radius 3 is 2.48 bits per heavy atom. The quantitative estimate of drug-likeness (QED) is 0.593. The van der Waals surface area contributed by atoms with E-state index in [1.165, 1.54) is 12.1 Å². The molecule has 0 bridgehead atoms. The van der Waals surface area contributed by atoms with E-state index in [4.69, 9.17) is 0 Å². The molecule has 7 nitrogen and oxygen atoms in total. The molecule has 1 aromatic heterocycles. The van der Waals surface area contributed by atoms with Crippen LogP contribution in [0.15, 0.2) is 53.4 Å². The average Bonchev–Trinajstić information content (AvgIpc) is 3.50. The van der Waals surface area contributed by atoms with Crippen LogP contribution in [-0.2, 0) is 16.6 Å². The van der Waals surface area contributed by atoms with Crippen LogP contribution in [0.2, 0.25) is 0 Å². The van der Waals surface area contributed by atoms with E-state index in [-0.39, 0.29) is 16.8 Å². The number of benzene rings is 2. The fraction of sp³-hybridized carbons (Fsp3) is 0.304. The minimum absolute atomic E-state index is 0.00989. The normalized spacial score (nSPS) is 13.9. The second-order valence-electron chi connectivity index (χ2n) is 7.95. The van der Waals surface area contributed by atoms with Crippen LogP contribution in [-0.4, -0.2) is 30.1 Å². The number of nitrogens with one attached hydrogen (secondary N) is 2. The standard InChI is InChI=1S/C23H26N4O3S/c1-15-9-12-20(31(29,30)26-18-10-11-18)13-21(15)23(28)24-14-22-16(2)25-27(17(22)3)19-7-5-4-6-8-19/h4-9,12-13,18,26H,10-11,14H2,1-3H3,(H,24,28). The minimum atomic E-state index is -3.62. The van der Waals surface area contributed by atoms with Gasteiger partial charge in [0, 0.05) is 29.4 Å². The highest BCUT2D eigenvalue weighted by Crippen LogP contribution is 2.23. The number of hydrogen-bond acceptors (Lipinski definition) is 4. The number of para-hydroxylation sites is 1. The van der Waals surface area contributed by atoms with E-state index >= 15 is 0 Å². The summed E-state index contributed by atoms with van der Waals surface area (Å²) in [6.07, 6.45) is 1.71. The van der Waals surface area contributed by atoms with Crippen molar-refractivity contribution < 1.29 is 13.2 Å². The van der Waals surface area contributed by atoms with E-state index in [0.717, 1.165) is 41.0 Å². The first-order valence-corrected chi connectivity index (χ1v) is 11.8. The number of carbonyl (C=O) groups excluding carboxylic acids is 1. The molecule has 1 amide bonds. The summed E-state index contributed by atoms with van der Waals surface area (Å²) < 4.78 is 29.6. The minimum Gasteiger partial charge on any atom is -0.348 e. The molecule has 1 fully saturated rings. The molecule has 2 aromatic carbocycles. The third-order valence-electron chi connectivity index (χ3n) is 5.53. The Morgan fingerprint density at radius 1 is 1.10 bits per heavy atom. The molecule has 162 valence electrons. The lowest BCUT2D eigenvalue weighted by molar-refractivity contribution is 0.0950. The zero-order valence-electron chi connectivity index (χ0n) is 17.8. The van der Waals surface area contributed by atoms with Gasteiger partial charge in [-0.05, 0) is 63.4 Å². The van der Waals surface area contributed by atoms with Crippen LogP contribution in [0.5, 0.6) is 0 Å². The summed E-state index contributed by atoms with van der Waals surface area (Å²) in [5.74, 6) is -0.313. The molecular weight excluding hydrogens is 412 g/mol. The van der Waals surface area contributed by atoms with Gasteiger partial charge >= 0.3 is 0 Å². The molecule has 0 spiro atoms. The number of hydrogen-bond donors (Lipinski definition) is 2. The molecule has 0 radical (unpaired) electrons. The number of amides is 1. The van der Waals surface area contributed by atoms with Crippen molar-refractivity contribution in [2.45, 2.75) is 51.1 Å². The lowest BCUT2D eigenvalue weighted by Crippen LogP contribution is -2.27. The van der Waals surface area contributed by atoms with E-state index in [9.17, 15) is 13.2 Å². The van der Waals surface area contributed by atoms with Crippen molar-refractivity contribution in [1.29, 1.82) is 0 Å². The lowest BCUT2D eigenvalue weighted by Gasteiger charge is -2.11. The molecule has 4 rings (SSSR count). The number of nitrogens with zero attached hydrogens (tertiary/aromatic N) is 2. The second kappa shape index (κ2) is 8.28. The fourth-order valence-corrected chi connectivity index (χ4v) is 4.85.